The number of amides is 1. The fourth-order valence-corrected chi connectivity index (χ4v) is 9.35. The van der Waals surface area contributed by atoms with Crippen molar-refractivity contribution in [3.05, 3.63) is 0 Å². The third kappa shape index (κ3) is 4.09. The molecule has 0 bridgehead atoms. The Morgan fingerprint density at radius 3 is 2.63 bits per heavy atom. The topological polar surface area (TPSA) is 49.3 Å². The number of carbonyl (C=O) groups is 1. The zero-order chi connectivity index (χ0) is 21.4. The summed E-state index contributed by atoms with van der Waals surface area (Å²) < 4.78 is 8.81. The molecule has 3 nitrogen and oxygen atoms in total. The number of fused-ring (bicyclic) bond motifs is 5. The SMILES string of the molecule is C[C@H](CCC(=O)NCCSO)C1CCC2C3CCC4CCCCC4(C)C3CCC21C. The van der Waals surface area contributed by atoms with Gasteiger partial charge in [-0.2, -0.15) is 0 Å². The number of carbonyl (C=O) groups excluding carboxylic acids is 1. The van der Waals surface area contributed by atoms with E-state index in [9.17, 15) is 4.79 Å². The van der Waals surface area contributed by atoms with Gasteiger partial charge in [0.05, 0.1) is 0 Å². The minimum absolute atomic E-state index is 0.155. The maximum Gasteiger partial charge on any atom is 0.220 e. The van der Waals surface area contributed by atoms with E-state index in [0.717, 1.165) is 48.1 Å². The van der Waals surface area contributed by atoms with Gasteiger partial charge in [0, 0.05) is 18.7 Å². The lowest BCUT2D eigenvalue weighted by Crippen LogP contribution is -2.53. The highest BCUT2D eigenvalue weighted by Gasteiger charge is 2.60. The van der Waals surface area contributed by atoms with Crippen LogP contribution in [0.3, 0.4) is 0 Å². The molecule has 0 spiro atoms. The summed E-state index contributed by atoms with van der Waals surface area (Å²) in [5, 5.41) is 2.94. The molecule has 4 aliphatic rings. The van der Waals surface area contributed by atoms with Crippen molar-refractivity contribution in [1.82, 2.24) is 5.32 Å². The molecule has 4 aliphatic carbocycles. The van der Waals surface area contributed by atoms with E-state index in [1.165, 1.54) is 64.2 Å². The smallest absolute Gasteiger partial charge is 0.220 e. The van der Waals surface area contributed by atoms with Crippen LogP contribution in [0.25, 0.3) is 0 Å². The second-order valence-corrected chi connectivity index (χ2v) is 12.5. The fourth-order valence-electron chi connectivity index (χ4n) is 9.15. The Morgan fingerprint density at radius 2 is 1.83 bits per heavy atom. The first-order chi connectivity index (χ1) is 14.4. The summed E-state index contributed by atoms with van der Waals surface area (Å²) in [5.41, 5.74) is 1.14. The van der Waals surface area contributed by atoms with E-state index in [4.69, 9.17) is 4.55 Å². The molecular weight excluding hydrogens is 390 g/mol. The summed E-state index contributed by atoms with van der Waals surface area (Å²) in [4.78, 5) is 12.2. The highest BCUT2D eigenvalue weighted by atomic mass is 32.2. The van der Waals surface area contributed by atoms with E-state index in [-0.39, 0.29) is 5.91 Å². The maximum atomic E-state index is 12.2. The van der Waals surface area contributed by atoms with Crippen LogP contribution in [0.2, 0.25) is 0 Å². The Labute approximate surface area is 189 Å². The van der Waals surface area contributed by atoms with Crippen LogP contribution in [-0.2, 0) is 4.79 Å². The van der Waals surface area contributed by atoms with Crippen molar-refractivity contribution in [3.63, 3.8) is 0 Å². The zero-order valence-electron chi connectivity index (χ0n) is 19.6. The van der Waals surface area contributed by atoms with Crippen LogP contribution in [-0.4, -0.2) is 22.8 Å². The van der Waals surface area contributed by atoms with E-state index in [0.29, 0.717) is 35.5 Å². The largest absolute Gasteiger partial charge is 0.355 e. The lowest BCUT2D eigenvalue weighted by Gasteiger charge is -2.61. The first-order valence-corrected chi connectivity index (χ1v) is 13.9. The van der Waals surface area contributed by atoms with Crippen LogP contribution in [0.5, 0.6) is 0 Å². The molecule has 4 rings (SSSR count). The molecule has 0 heterocycles. The van der Waals surface area contributed by atoms with E-state index < -0.39 is 0 Å². The van der Waals surface area contributed by atoms with Gasteiger partial charge in [0.1, 0.15) is 0 Å². The first kappa shape index (κ1) is 23.0. The molecule has 4 heteroatoms. The standard InChI is InChI=1S/C26H45NO2S/c1-18(7-12-24(28)27-16-17-30-29)21-10-11-22-20-9-8-19-6-4-5-14-25(19,2)23(20)13-15-26(21,22)3/h18-23,29H,4-17H2,1-3H3,(H,27,28)/t18-,19?,20?,21?,22?,23?,25?,26?/m1/s1. The Balaban J connectivity index is 1.38. The highest BCUT2D eigenvalue weighted by molar-refractivity contribution is 7.93. The van der Waals surface area contributed by atoms with Crippen LogP contribution >= 0.6 is 12.0 Å². The van der Waals surface area contributed by atoms with Gasteiger partial charge in [0.15, 0.2) is 0 Å². The van der Waals surface area contributed by atoms with Gasteiger partial charge in [-0.1, -0.05) is 33.6 Å². The van der Waals surface area contributed by atoms with Gasteiger partial charge in [0.2, 0.25) is 5.91 Å². The van der Waals surface area contributed by atoms with E-state index >= 15 is 0 Å². The Morgan fingerprint density at radius 1 is 1.03 bits per heavy atom. The predicted molar refractivity (Wildman–Crippen MR) is 126 cm³/mol. The van der Waals surface area contributed by atoms with Crippen molar-refractivity contribution in [2.75, 3.05) is 12.3 Å². The van der Waals surface area contributed by atoms with Gasteiger partial charge in [-0.15, -0.1) is 0 Å². The van der Waals surface area contributed by atoms with Gasteiger partial charge in [-0.3, -0.25) is 4.79 Å². The molecule has 30 heavy (non-hydrogen) atoms. The molecule has 172 valence electrons. The van der Waals surface area contributed by atoms with Crippen molar-refractivity contribution >= 4 is 17.9 Å². The average molecular weight is 436 g/mol. The molecule has 0 aliphatic heterocycles. The molecule has 7 unspecified atom stereocenters. The van der Waals surface area contributed by atoms with Crippen LogP contribution in [0.1, 0.15) is 97.8 Å². The summed E-state index contributed by atoms with van der Waals surface area (Å²) >= 11 is 0.801. The number of rotatable bonds is 7. The summed E-state index contributed by atoms with van der Waals surface area (Å²) in [6.45, 7) is 8.30. The molecule has 0 radical (unpaired) electrons. The average Bonchev–Trinajstić information content (AvgIpc) is 3.09. The molecule has 0 saturated heterocycles. The van der Waals surface area contributed by atoms with Crippen molar-refractivity contribution in [3.8, 4) is 0 Å². The quantitative estimate of drug-likeness (QED) is 0.342. The van der Waals surface area contributed by atoms with Crippen molar-refractivity contribution < 1.29 is 9.35 Å². The van der Waals surface area contributed by atoms with Gasteiger partial charge in [0.25, 0.3) is 0 Å². The third-order valence-corrected chi connectivity index (χ3v) is 11.1. The van der Waals surface area contributed by atoms with E-state index in [2.05, 4.69) is 26.1 Å². The number of hydrogen-bond donors (Lipinski definition) is 2. The minimum Gasteiger partial charge on any atom is -0.355 e. The van der Waals surface area contributed by atoms with Gasteiger partial charge in [-0.05, 0) is 116 Å². The summed E-state index contributed by atoms with van der Waals surface area (Å²) in [6.07, 6.45) is 16.3. The summed E-state index contributed by atoms with van der Waals surface area (Å²) in [6, 6.07) is 0. The highest BCUT2D eigenvalue weighted by Crippen LogP contribution is 2.68. The molecule has 8 atom stereocenters. The minimum atomic E-state index is 0.155. The number of hydrogen-bond acceptors (Lipinski definition) is 3. The molecule has 2 N–H and O–H groups in total. The Kier molecular flexibility index (Phi) is 7.14. The second-order valence-electron chi connectivity index (χ2n) is 11.8. The van der Waals surface area contributed by atoms with Crippen molar-refractivity contribution in [1.29, 1.82) is 0 Å². The molecule has 0 aromatic heterocycles. The third-order valence-electron chi connectivity index (χ3n) is 10.7. The van der Waals surface area contributed by atoms with E-state index in [1.807, 2.05) is 0 Å². The van der Waals surface area contributed by atoms with Crippen LogP contribution in [0.4, 0.5) is 0 Å². The molecule has 0 aromatic carbocycles. The zero-order valence-corrected chi connectivity index (χ0v) is 20.4. The lowest BCUT2D eigenvalue weighted by molar-refractivity contribution is -0.122. The molecule has 1 amide bonds. The van der Waals surface area contributed by atoms with Crippen molar-refractivity contribution in [2.45, 2.75) is 97.8 Å². The Hall–Kier alpha value is -0.220. The normalized spacial score (nSPS) is 43.9. The fraction of sp³-hybridized carbons (Fsp3) is 0.962. The molecule has 0 aromatic rings. The van der Waals surface area contributed by atoms with Crippen LogP contribution in [0, 0.1) is 46.3 Å². The number of nitrogens with one attached hydrogen (secondary N) is 1. The van der Waals surface area contributed by atoms with Gasteiger partial charge < -0.3 is 9.87 Å². The maximum absolute atomic E-state index is 12.2. The van der Waals surface area contributed by atoms with Crippen molar-refractivity contribution in [2.24, 2.45) is 46.3 Å². The van der Waals surface area contributed by atoms with Gasteiger partial charge >= 0.3 is 0 Å². The first-order valence-electron chi connectivity index (χ1n) is 12.9. The van der Waals surface area contributed by atoms with Gasteiger partial charge in [-0.25, -0.2) is 0 Å². The van der Waals surface area contributed by atoms with E-state index in [1.54, 1.807) is 0 Å². The summed E-state index contributed by atoms with van der Waals surface area (Å²) in [7, 11) is 0. The molecule has 4 fully saturated rings. The predicted octanol–water partition coefficient (Wildman–Crippen LogP) is 6.77. The second kappa shape index (κ2) is 9.33. The summed E-state index contributed by atoms with van der Waals surface area (Å²) in [5.74, 6) is 6.06. The molecular formula is C26H45NO2S. The lowest BCUT2D eigenvalue weighted by atomic mass is 9.44. The monoisotopic (exact) mass is 435 g/mol. The Bertz CT molecular complexity index is 612. The van der Waals surface area contributed by atoms with Crippen LogP contribution in [0.15, 0.2) is 0 Å². The van der Waals surface area contributed by atoms with Crippen LogP contribution < -0.4 is 5.32 Å². The molecule has 4 saturated carbocycles.